The predicted molar refractivity (Wildman–Crippen MR) is 104 cm³/mol. The molecule has 1 amide bonds. The van der Waals surface area contributed by atoms with Crippen LogP contribution in [0.4, 0.5) is 0 Å². The second kappa shape index (κ2) is 6.47. The average molecular weight is 378 g/mol. The number of hydrogen-bond acceptors (Lipinski definition) is 2. The number of primary amides is 1. The molecule has 2 aromatic carbocycles. The first-order valence-corrected chi connectivity index (χ1v) is 9.16. The minimum absolute atomic E-state index is 0.111. The normalized spacial score (nSPS) is 20.1. The second-order valence-corrected chi connectivity index (χ2v) is 8.47. The van der Waals surface area contributed by atoms with Crippen LogP contribution in [0, 0.1) is 6.92 Å². The number of hydrogen-bond donors (Lipinski definition) is 1. The van der Waals surface area contributed by atoms with E-state index in [1.807, 2.05) is 31.2 Å². The van der Waals surface area contributed by atoms with E-state index < -0.39 is 5.91 Å². The van der Waals surface area contributed by atoms with E-state index in [0.717, 1.165) is 23.1 Å². The van der Waals surface area contributed by atoms with Gasteiger partial charge in [0.15, 0.2) is 0 Å². The number of amides is 1. The summed E-state index contributed by atoms with van der Waals surface area (Å²) in [6, 6.07) is 11.5. The minimum Gasteiger partial charge on any atom is -0.366 e. The lowest BCUT2D eigenvalue weighted by molar-refractivity contribution is 0.0999. The molecule has 3 rings (SSSR count). The minimum atomic E-state index is -0.396. The first kappa shape index (κ1) is 17.4. The van der Waals surface area contributed by atoms with E-state index in [4.69, 9.17) is 28.9 Å². The highest BCUT2D eigenvalue weighted by atomic mass is 35.5. The van der Waals surface area contributed by atoms with Crippen molar-refractivity contribution in [2.24, 2.45) is 5.73 Å². The quantitative estimate of drug-likeness (QED) is 0.734. The van der Waals surface area contributed by atoms with Gasteiger partial charge in [0.05, 0.1) is 0 Å². The molecule has 0 saturated heterocycles. The number of nitrogens with two attached hydrogens (primary N) is 1. The number of aryl methyl sites for hydroxylation is 1. The highest BCUT2D eigenvalue weighted by molar-refractivity contribution is 8.03. The van der Waals surface area contributed by atoms with Gasteiger partial charge in [-0.15, -0.1) is 11.8 Å². The predicted octanol–water partition coefficient (Wildman–Crippen LogP) is 5.79. The van der Waals surface area contributed by atoms with Crippen LogP contribution in [-0.4, -0.2) is 5.91 Å². The molecule has 2 nitrogen and oxygen atoms in total. The Bertz CT molecular complexity index is 842. The zero-order valence-corrected chi connectivity index (χ0v) is 15.7. The van der Waals surface area contributed by atoms with Crippen LogP contribution in [0.15, 0.2) is 41.8 Å². The van der Waals surface area contributed by atoms with Crippen molar-refractivity contribution in [1.29, 1.82) is 0 Å². The van der Waals surface area contributed by atoms with Gasteiger partial charge in [-0.05, 0) is 72.2 Å². The second-order valence-electron chi connectivity index (χ2n) is 6.22. The fourth-order valence-corrected chi connectivity index (χ4v) is 4.63. The molecule has 0 spiro atoms. The summed E-state index contributed by atoms with van der Waals surface area (Å²) < 4.78 is -0.111. The van der Waals surface area contributed by atoms with Crippen LogP contribution in [0.1, 0.15) is 40.4 Å². The number of carbonyl (C=O) groups excluding carboxylic acids is 1. The van der Waals surface area contributed by atoms with E-state index in [2.05, 4.69) is 12.3 Å². The Kier molecular flexibility index (Phi) is 4.69. The summed E-state index contributed by atoms with van der Waals surface area (Å²) in [4.78, 5) is 11.4. The molecule has 1 aliphatic heterocycles. The topological polar surface area (TPSA) is 43.1 Å². The molecular formula is C19H17Cl2NOS. The zero-order valence-electron chi connectivity index (χ0n) is 13.4. The maximum atomic E-state index is 11.4. The Morgan fingerprint density at radius 2 is 1.83 bits per heavy atom. The molecule has 0 fully saturated rings. The Balaban J connectivity index is 1.89. The molecule has 2 N–H and O–H groups in total. The van der Waals surface area contributed by atoms with Gasteiger partial charge >= 0.3 is 0 Å². The lowest BCUT2D eigenvalue weighted by Gasteiger charge is -2.24. The van der Waals surface area contributed by atoms with Crippen LogP contribution in [0.5, 0.6) is 0 Å². The van der Waals surface area contributed by atoms with Crippen LogP contribution in [-0.2, 0) is 4.75 Å². The third-order valence-electron chi connectivity index (χ3n) is 4.32. The number of thioether (sulfide) groups is 1. The number of allylic oxidation sites excluding steroid dienone is 1. The number of carbonyl (C=O) groups is 1. The van der Waals surface area contributed by atoms with Crippen LogP contribution in [0.3, 0.4) is 0 Å². The number of rotatable bonds is 3. The van der Waals surface area contributed by atoms with Crippen LogP contribution >= 0.6 is 35.0 Å². The van der Waals surface area contributed by atoms with Crippen LogP contribution in [0.25, 0.3) is 5.57 Å². The molecule has 24 heavy (non-hydrogen) atoms. The molecule has 0 bridgehead atoms. The first-order valence-electron chi connectivity index (χ1n) is 7.53. The summed E-state index contributed by atoms with van der Waals surface area (Å²) in [6.45, 7) is 4.09. The Morgan fingerprint density at radius 1 is 1.17 bits per heavy atom. The molecule has 0 aliphatic carbocycles. The Morgan fingerprint density at radius 3 is 2.42 bits per heavy atom. The third kappa shape index (κ3) is 3.34. The maximum absolute atomic E-state index is 11.4. The van der Waals surface area contributed by atoms with E-state index in [9.17, 15) is 4.79 Å². The fourth-order valence-electron chi connectivity index (χ4n) is 2.99. The largest absolute Gasteiger partial charge is 0.366 e. The van der Waals surface area contributed by atoms with Gasteiger partial charge in [0.25, 0.3) is 0 Å². The average Bonchev–Trinajstić information content (AvgIpc) is 2.90. The molecular weight excluding hydrogens is 361 g/mol. The Labute approximate surface area is 156 Å². The highest BCUT2D eigenvalue weighted by Gasteiger charge is 2.33. The third-order valence-corrected chi connectivity index (χ3v) is 6.06. The molecule has 1 aliphatic rings. The zero-order chi connectivity index (χ0) is 17.5. The lowest BCUT2D eigenvalue weighted by atomic mass is 9.89. The SMILES string of the molecule is Cc1cc(C2=CSC(C)(c3cc(Cl)cc(Cl)c3)C2)ccc1C(N)=O. The molecule has 0 radical (unpaired) electrons. The van der Waals surface area contributed by atoms with Gasteiger partial charge < -0.3 is 5.73 Å². The first-order chi connectivity index (χ1) is 11.3. The van der Waals surface area contributed by atoms with Gasteiger partial charge in [0, 0.05) is 20.4 Å². The number of halogens is 2. The van der Waals surface area contributed by atoms with Gasteiger partial charge in [-0.2, -0.15) is 0 Å². The monoisotopic (exact) mass is 377 g/mol. The summed E-state index contributed by atoms with van der Waals surface area (Å²) in [5.41, 5.74) is 10.3. The molecule has 2 aromatic rings. The standard InChI is InChI=1S/C19H17Cl2NOS/c1-11-5-12(3-4-17(11)18(22)23)13-9-19(2,24-10-13)14-6-15(20)8-16(21)7-14/h3-8,10H,9H2,1-2H3,(H2,22,23). The van der Waals surface area contributed by atoms with Gasteiger partial charge in [-0.25, -0.2) is 0 Å². The van der Waals surface area contributed by atoms with Crippen molar-refractivity contribution in [2.45, 2.75) is 25.0 Å². The van der Waals surface area contributed by atoms with Gasteiger partial charge in [0.1, 0.15) is 0 Å². The molecule has 5 heteroatoms. The summed E-state index contributed by atoms with van der Waals surface area (Å²) in [5.74, 6) is -0.396. The van der Waals surface area contributed by atoms with Crippen molar-refractivity contribution in [3.8, 4) is 0 Å². The summed E-state index contributed by atoms with van der Waals surface area (Å²) in [5, 5.41) is 3.47. The van der Waals surface area contributed by atoms with Gasteiger partial charge in [0.2, 0.25) is 5.91 Å². The fraction of sp³-hybridized carbons (Fsp3) is 0.211. The van der Waals surface area contributed by atoms with Crippen LogP contribution < -0.4 is 5.73 Å². The molecule has 1 heterocycles. The van der Waals surface area contributed by atoms with Crippen molar-refractivity contribution in [3.05, 3.63) is 74.1 Å². The molecule has 0 aromatic heterocycles. The van der Waals surface area contributed by atoms with Gasteiger partial charge in [-0.3, -0.25) is 4.79 Å². The smallest absolute Gasteiger partial charge is 0.248 e. The van der Waals surface area contributed by atoms with E-state index >= 15 is 0 Å². The van der Waals surface area contributed by atoms with E-state index in [1.54, 1.807) is 23.9 Å². The lowest BCUT2D eigenvalue weighted by Crippen LogP contribution is -2.14. The Hall–Kier alpha value is -1.42. The van der Waals surface area contributed by atoms with Crippen molar-refractivity contribution in [2.75, 3.05) is 0 Å². The highest BCUT2D eigenvalue weighted by Crippen LogP contribution is 2.51. The van der Waals surface area contributed by atoms with Crippen molar-refractivity contribution in [1.82, 2.24) is 0 Å². The molecule has 0 saturated carbocycles. The van der Waals surface area contributed by atoms with Crippen molar-refractivity contribution >= 4 is 46.4 Å². The van der Waals surface area contributed by atoms with Crippen molar-refractivity contribution in [3.63, 3.8) is 0 Å². The van der Waals surface area contributed by atoms with Gasteiger partial charge in [-0.1, -0.05) is 35.3 Å². The number of benzene rings is 2. The summed E-state index contributed by atoms with van der Waals surface area (Å²) in [6.07, 6.45) is 0.865. The van der Waals surface area contributed by atoms with Crippen molar-refractivity contribution < 1.29 is 4.79 Å². The van der Waals surface area contributed by atoms with E-state index in [0.29, 0.717) is 15.6 Å². The molecule has 1 atom stereocenters. The maximum Gasteiger partial charge on any atom is 0.248 e. The van der Waals surface area contributed by atoms with E-state index in [-0.39, 0.29) is 4.75 Å². The summed E-state index contributed by atoms with van der Waals surface area (Å²) in [7, 11) is 0. The summed E-state index contributed by atoms with van der Waals surface area (Å²) >= 11 is 14.1. The molecule has 124 valence electrons. The van der Waals surface area contributed by atoms with Crippen LogP contribution in [0.2, 0.25) is 10.0 Å². The molecule has 1 unspecified atom stereocenters. The van der Waals surface area contributed by atoms with E-state index in [1.165, 1.54) is 5.57 Å².